The molecule has 2 rings (SSSR count). The number of hydrogen-bond acceptors (Lipinski definition) is 2. The third kappa shape index (κ3) is 2.43. The van der Waals surface area contributed by atoms with E-state index in [9.17, 15) is 0 Å². The van der Waals surface area contributed by atoms with E-state index < -0.39 is 0 Å². The predicted molar refractivity (Wildman–Crippen MR) is 67.3 cm³/mol. The van der Waals surface area contributed by atoms with Crippen LogP contribution in [-0.2, 0) is 0 Å². The molecule has 1 aromatic rings. The van der Waals surface area contributed by atoms with E-state index in [0.29, 0.717) is 6.04 Å². The summed E-state index contributed by atoms with van der Waals surface area (Å²) >= 11 is 0. The number of rotatable bonds is 5. The maximum Gasteiger partial charge on any atom is 0.0605 e. The Labute approximate surface area is 98.5 Å². The summed E-state index contributed by atoms with van der Waals surface area (Å²) in [6.07, 6.45) is 7.21. The lowest BCUT2D eigenvalue weighted by Crippen LogP contribution is -2.33. The van der Waals surface area contributed by atoms with Gasteiger partial charge < -0.3 is 5.32 Å². The molecule has 2 heteroatoms. The molecule has 1 atom stereocenters. The molecule has 1 aliphatic carbocycles. The lowest BCUT2D eigenvalue weighted by Gasteiger charge is -2.34. The summed E-state index contributed by atoms with van der Waals surface area (Å²) in [5, 5.41) is 3.67. The highest BCUT2D eigenvalue weighted by Gasteiger charge is 2.29. The van der Waals surface area contributed by atoms with Crippen molar-refractivity contribution in [2.75, 3.05) is 6.54 Å². The molecule has 0 saturated heterocycles. The summed E-state index contributed by atoms with van der Waals surface area (Å²) in [4.78, 5) is 4.57. The van der Waals surface area contributed by atoms with Crippen LogP contribution < -0.4 is 5.32 Å². The van der Waals surface area contributed by atoms with Crippen LogP contribution in [0.5, 0.6) is 0 Å². The standard InChI is InChI=1S/C14H22N2/c1-3-9-15-14(12-7-4-8-12)13-11(2)6-5-10-16-13/h5-6,10,12,14-15H,3-4,7-9H2,1-2H3. The van der Waals surface area contributed by atoms with Crippen LogP contribution >= 0.6 is 0 Å². The first-order valence-corrected chi connectivity index (χ1v) is 6.47. The molecule has 1 saturated carbocycles. The van der Waals surface area contributed by atoms with Gasteiger partial charge in [0.25, 0.3) is 0 Å². The van der Waals surface area contributed by atoms with Crippen LogP contribution in [0.3, 0.4) is 0 Å². The minimum atomic E-state index is 0.481. The second kappa shape index (κ2) is 5.44. The SMILES string of the molecule is CCCNC(c1ncccc1C)C1CCC1. The second-order valence-electron chi connectivity index (χ2n) is 4.83. The van der Waals surface area contributed by atoms with Gasteiger partial charge >= 0.3 is 0 Å². The zero-order valence-electron chi connectivity index (χ0n) is 10.4. The Morgan fingerprint density at radius 3 is 2.88 bits per heavy atom. The fourth-order valence-electron chi connectivity index (χ4n) is 2.38. The fourth-order valence-corrected chi connectivity index (χ4v) is 2.38. The van der Waals surface area contributed by atoms with Gasteiger partial charge in [-0.25, -0.2) is 0 Å². The van der Waals surface area contributed by atoms with Gasteiger partial charge in [0, 0.05) is 6.20 Å². The van der Waals surface area contributed by atoms with Crippen LogP contribution in [0.15, 0.2) is 18.3 Å². The molecule has 1 unspecified atom stereocenters. The summed E-state index contributed by atoms with van der Waals surface area (Å²) in [5.74, 6) is 0.806. The van der Waals surface area contributed by atoms with E-state index in [1.165, 1.54) is 36.9 Å². The van der Waals surface area contributed by atoms with E-state index in [2.05, 4.69) is 30.2 Å². The van der Waals surface area contributed by atoms with Crippen molar-refractivity contribution >= 4 is 0 Å². The van der Waals surface area contributed by atoms with Crippen molar-refractivity contribution in [3.05, 3.63) is 29.6 Å². The molecular weight excluding hydrogens is 196 g/mol. The molecule has 1 heterocycles. The Hall–Kier alpha value is -0.890. The number of pyridine rings is 1. The van der Waals surface area contributed by atoms with Crippen LogP contribution in [0.25, 0.3) is 0 Å². The van der Waals surface area contributed by atoms with Crippen molar-refractivity contribution in [2.24, 2.45) is 5.92 Å². The molecular formula is C14H22N2. The molecule has 1 fully saturated rings. The van der Waals surface area contributed by atoms with Gasteiger partial charge in [0.15, 0.2) is 0 Å². The van der Waals surface area contributed by atoms with Gasteiger partial charge in [-0.3, -0.25) is 4.98 Å². The van der Waals surface area contributed by atoms with Gasteiger partial charge in [-0.05, 0) is 50.3 Å². The third-order valence-electron chi connectivity index (χ3n) is 3.58. The predicted octanol–water partition coefficient (Wildman–Crippen LogP) is 3.23. The highest BCUT2D eigenvalue weighted by Crippen LogP contribution is 2.37. The number of aromatic nitrogens is 1. The monoisotopic (exact) mass is 218 g/mol. The number of nitrogens with zero attached hydrogens (tertiary/aromatic N) is 1. The number of nitrogens with one attached hydrogen (secondary N) is 1. The van der Waals surface area contributed by atoms with Crippen LogP contribution in [0.1, 0.15) is 49.9 Å². The molecule has 88 valence electrons. The third-order valence-corrected chi connectivity index (χ3v) is 3.58. The largest absolute Gasteiger partial charge is 0.308 e. The molecule has 1 aromatic heterocycles. The van der Waals surface area contributed by atoms with Crippen molar-refractivity contribution in [3.63, 3.8) is 0 Å². The lowest BCUT2D eigenvalue weighted by atomic mass is 9.77. The van der Waals surface area contributed by atoms with Crippen molar-refractivity contribution < 1.29 is 0 Å². The highest BCUT2D eigenvalue weighted by atomic mass is 14.9. The smallest absolute Gasteiger partial charge is 0.0605 e. The summed E-state index contributed by atoms with van der Waals surface area (Å²) in [6.45, 7) is 5.48. The minimum Gasteiger partial charge on any atom is -0.308 e. The van der Waals surface area contributed by atoms with Gasteiger partial charge in [0.1, 0.15) is 0 Å². The summed E-state index contributed by atoms with van der Waals surface area (Å²) in [5.41, 5.74) is 2.59. The number of aryl methyl sites for hydroxylation is 1. The normalized spacial score (nSPS) is 18.1. The van der Waals surface area contributed by atoms with E-state index in [4.69, 9.17) is 0 Å². The van der Waals surface area contributed by atoms with Gasteiger partial charge in [0.2, 0.25) is 0 Å². The van der Waals surface area contributed by atoms with Crippen molar-refractivity contribution in [2.45, 2.75) is 45.6 Å². The second-order valence-corrected chi connectivity index (χ2v) is 4.83. The van der Waals surface area contributed by atoms with E-state index in [-0.39, 0.29) is 0 Å². The quantitative estimate of drug-likeness (QED) is 0.820. The van der Waals surface area contributed by atoms with Crippen LogP contribution in [0, 0.1) is 12.8 Å². The topological polar surface area (TPSA) is 24.9 Å². The molecule has 0 aliphatic heterocycles. The fraction of sp³-hybridized carbons (Fsp3) is 0.643. The number of hydrogen-bond donors (Lipinski definition) is 1. The van der Waals surface area contributed by atoms with Gasteiger partial charge in [0.05, 0.1) is 11.7 Å². The average molecular weight is 218 g/mol. The first kappa shape index (κ1) is 11.6. The Kier molecular flexibility index (Phi) is 3.94. The van der Waals surface area contributed by atoms with E-state index in [1.54, 1.807) is 0 Å². The zero-order valence-corrected chi connectivity index (χ0v) is 10.4. The van der Waals surface area contributed by atoms with Crippen molar-refractivity contribution in [3.8, 4) is 0 Å². The first-order chi connectivity index (χ1) is 7.83. The van der Waals surface area contributed by atoms with E-state index in [1.807, 2.05) is 12.3 Å². The molecule has 0 amide bonds. The summed E-state index contributed by atoms with van der Waals surface area (Å²) in [7, 11) is 0. The molecule has 0 bridgehead atoms. The molecule has 0 spiro atoms. The van der Waals surface area contributed by atoms with Crippen LogP contribution in [0.2, 0.25) is 0 Å². The van der Waals surface area contributed by atoms with Crippen molar-refractivity contribution in [1.29, 1.82) is 0 Å². The lowest BCUT2D eigenvalue weighted by molar-refractivity contribution is 0.227. The first-order valence-electron chi connectivity index (χ1n) is 6.47. The molecule has 1 aliphatic rings. The average Bonchev–Trinajstić information content (AvgIpc) is 2.22. The van der Waals surface area contributed by atoms with Crippen molar-refractivity contribution in [1.82, 2.24) is 10.3 Å². The maximum atomic E-state index is 4.57. The Bertz CT molecular complexity index is 331. The maximum absolute atomic E-state index is 4.57. The van der Waals surface area contributed by atoms with E-state index >= 15 is 0 Å². The van der Waals surface area contributed by atoms with Gasteiger partial charge in [-0.2, -0.15) is 0 Å². The Morgan fingerprint density at radius 2 is 2.31 bits per heavy atom. The van der Waals surface area contributed by atoms with Crippen LogP contribution in [-0.4, -0.2) is 11.5 Å². The molecule has 0 aromatic carbocycles. The van der Waals surface area contributed by atoms with Gasteiger partial charge in [-0.1, -0.05) is 19.4 Å². The Morgan fingerprint density at radius 1 is 1.50 bits per heavy atom. The molecule has 1 N–H and O–H groups in total. The zero-order chi connectivity index (χ0) is 11.4. The Balaban J connectivity index is 2.13. The minimum absolute atomic E-state index is 0.481. The molecule has 2 nitrogen and oxygen atoms in total. The summed E-state index contributed by atoms with van der Waals surface area (Å²) in [6, 6.07) is 4.67. The molecule has 16 heavy (non-hydrogen) atoms. The molecule has 0 radical (unpaired) electrons. The highest BCUT2D eigenvalue weighted by molar-refractivity contribution is 5.22. The van der Waals surface area contributed by atoms with Gasteiger partial charge in [-0.15, -0.1) is 0 Å². The van der Waals surface area contributed by atoms with E-state index in [0.717, 1.165) is 12.5 Å². The summed E-state index contributed by atoms with van der Waals surface area (Å²) < 4.78 is 0. The van der Waals surface area contributed by atoms with Crippen LogP contribution in [0.4, 0.5) is 0 Å².